The lowest BCUT2D eigenvalue weighted by Gasteiger charge is -2.15. The van der Waals surface area contributed by atoms with Gasteiger partial charge in [0.25, 0.3) is 11.8 Å². The van der Waals surface area contributed by atoms with Crippen LogP contribution in [0.3, 0.4) is 0 Å². The van der Waals surface area contributed by atoms with Gasteiger partial charge in [-0.15, -0.1) is 0 Å². The molecule has 5 rings (SSSR count). The Bertz CT molecular complexity index is 1100. The monoisotopic (exact) mass is 426 g/mol. The summed E-state index contributed by atoms with van der Waals surface area (Å²) in [7, 11) is 0. The first-order valence-corrected chi connectivity index (χ1v) is 11.0. The summed E-state index contributed by atoms with van der Waals surface area (Å²) in [6.45, 7) is 1.57. The van der Waals surface area contributed by atoms with Gasteiger partial charge in [0.2, 0.25) is 0 Å². The first-order chi connectivity index (χ1) is 14.1. The molecule has 0 radical (unpaired) electrons. The molecular formula is C20H18N4O3S2. The number of likely N-dealkylation sites (tertiary alicyclic amines) is 1. The van der Waals surface area contributed by atoms with Crippen LogP contribution in [-0.4, -0.2) is 39.2 Å². The SMILES string of the molecule is NC(=O)c1sc(Oc2ccc(C(=O)N3CCCC3)nc2)c2c1CCc1cnsc1-2. The van der Waals surface area contributed by atoms with Crippen molar-refractivity contribution < 1.29 is 14.3 Å². The molecule has 3 aromatic rings. The van der Waals surface area contributed by atoms with Gasteiger partial charge in [-0.05, 0) is 60.5 Å². The third kappa shape index (κ3) is 3.20. The predicted molar refractivity (Wildman–Crippen MR) is 111 cm³/mol. The number of primary amides is 1. The fraction of sp³-hybridized carbons (Fsp3) is 0.300. The number of fused-ring (bicyclic) bond motifs is 3. The molecule has 0 bridgehead atoms. The molecule has 1 aliphatic heterocycles. The summed E-state index contributed by atoms with van der Waals surface area (Å²) >= 11 is 2.65. The maximum absolute atomic E-state index is 12.5. The Balaban J connectivity index is 1.45. The number of amides is 2. The second-order valence-corrected chi connectivity index (χ2v) is 8.88. The standard InChI is InChI=1S/C20H18N4O3S2/c21-18(25)17-13-5-3-11-9-23-29-16(11)15(13)20(28-17)27-12-4-6-14(22-10-12)19(26)24-7-1-2-8-24/h4,6,9-10H,1-3,5,7-8H2,(H2,21,25). The van der Waals surface area contributed by atoms with Gasteiger partial charge >= 0.3 is 0 Å². The topological polar surface area (TPSA) is 98.4 Å². The van der Waals surface area contributed by atoms with E-state index in [1.54, 1.807) is 18.3 Å². The van der Waals surface area contributed by atoms with Crippen LogP contribution in [0.15, 0.2) is 24.5 Å². The summed E-state index contributed by atoms with van der Waals surface area (Å²) in [4.78, 5) is 32.1. The van der Waals surface area contributed by atoms with Crippen LogP contribution in [-0.2, 0) is 12.8 Å². The number of aromatic nitrogens is 2. The minimum Gasteiger partial charge on any atom is -0.444 e. The quantitative estimate of drug-likeness (QED) is 0.689. The molecule has 0 spiro atoms. The number of carbonyl (C=O) groups excluding carboxylic acids is 2. The number of aryl methyl sites for hydroxylation is 1. The highest BCUT2D eigenvalue weighted by Crippen LogP contribution is 2.49. The van der Waals surface area contributed by atoms with Crippen molar-refractivity contribution in [1.29, 1.82) is 0 Å². The normalized spacial score (nSPS) is 15.1. The van der Waals surface area contributed by atoms with Crippen molar-refractivity contribution in [2.45, 2.75) is 25.7 Å². The average Bonchev–Trinajstić information content (AvgIpc) is 3.47. The van der Waals surface area contributed by atoms with E-state index in [0.29, 0.717) is 21.4 Å². The zero-order valence-corrected chi connectivity index (χ0v) is 17.1. The van der Waals surface area contributed by atoms with E-state index in [1.165, 1.54) is 22.9 Å². The fourth-order valence-corrected chi connectivity index (χ4v) is 5.85. The molecule has 2 amide bonds. The van der Waals surface area contributed by atoms with Crippen molar-refractivity contribution in [2.75, 3.05) is 13.1 Å². The first kappa shape index (κ1) is 18.3. The number of pyridine rings is 1. The van der Waals surface area contributed by atoms with E-state index in [0.717, 1.165) is 60.3 Å². The van der Waals surface area contributed by atoms with Crippen LogP contribution < -0.4 is 10.5 Å². The average molecular weight is 427 g/mol. The van der Waals surface area contributed by atoms with Crippen molar-refractivity contribution in [3.63, 3.8) is 0 Å². The lowest BCUT2D eigenvalue weighted by atomic mass is 9.93. The van der Waals surface area contributed by atoms with Gasteiger partial charge in [-0.3, -0.25) is 9.59 Å². The molecule has 1 fully saturated rings. The minimum absolute atomic E-state index is 0.0483. The molecule has 3 aromatic heterocycles. The Morgan fingerprint density at radius 2 is 1.97 bits per heavy atom. The molecule has 1 aliphatic carbocycles. The Morgan fingerprint density at radius 3 is 2.69 bits per heavy atom. The number of rotatable bonds is 4. The number of nitrogens with zero attached hydrogens (tertiary/aromatic N) is 3. The molecule has 4 heterocycles. The van der Waals surface area contributed by atoms with E-state index >= 15 is 0 Å². The first-order valence-electron chi connectivity index (χ1n) is 9.44. The van der Waals surface area contributed by atoms with Gasteiger partial charge in [0.05, 0.1) is 21.5 Å². The van der Waals surface area contributed by atoms with Crippen LogP contribution in [0, 0.1) is 0 Å². The largest absolute Gasteiger partial charge is 0.444 e. The maximum Gasteiger partial charge on any atom is 0.272 e. The molecule has 148 valence electrons. The number of hydrogen-bond donors (Lipinski definition) is 1. The van der Waals surface area contributed by atoms with Gasteiger partial charge < -0.3 is 15.4 Å². The second kappa shape index (κ2) is 7.23. The molecule has 1 saturated heterocycles. The fourth-order valence-electron chi connectivity index (χ4n) is 3.84. The van der Waals surface area contributed by atoms with Gasteiger partial charge in [0, 0.05) is 19.3 Å². The third-order valence-corrected chi connectivity index (χ3v) is 7.26. The number of hydrogen-bond acceptors (Lipinski definition) is 7. The summed E-state index contributed by atoms with van der Waals surface area (Å²) in [5, 5.41) is 0.611. The Kier molecular flexibility index (Phi) is 4.56. The van der Waals surface area contributed by atoms with Gasteiger partial charge in [-0.25, -0.2) is 9.36 Å². The zero-order valence-electron chi connectivity index (χ0n) is 15.5. The number of thiophene rings is 1. The van der Waals surface area contributed by atoms with Gasteiger partial charge in [-0.1, -0.05) is 11.3 Å². The number of ether oxygens (including phenoxy) is 1. The van der Waals surface area contributed by atoms with Crippen LogP contribution in [0.4, 0.5) is 0 Å². The predicted octanol–water partition coefficient (Wildman–Crippen LogP) is 3.49. The van der Waals surface area contributed by atoms with Crippen LogP contribution in [0.1, 0.15) is 44.1 Å². The number of nitrogens with two attached hydrogens (primary N) is 1. The van der Waals surface area contributed by atoms with Gasteiger partial charge in [0.15, 0.2) is 5.06 Å². The van der Waals surface area contributed by atoms with Crippen molar-refractivity contribution in [1.82, 2.24) is 14.3 Å². The van der Waals surface area contributed by atoms with Crippen molar-refractivity contribution in [3.05, 3.63) is 46.2 Å². The van der Waals surface area contributed by atoms with Crippen molar-refractivity contribution in [2.24, 2.45) is 5.73 Å². The Morgan fingerprint density at radius 1 is 1.14 bits per heavy atom. The lowest BCUT2D eigenvalue weighted by molar-refractivity contribution is 0.0786. The minimum atomic E-state index is -0.446. The third-order valence-electron chi connectivity index (χ3n) is 5.27. The summed E-state index contributed by atoms with van der Waals surface area (Å²) in [5.41, 5.74) is 9.01. The number of carbonyl (C=O) groups is 2. The summed E-state index contributed by atoms with van der Waals surface area (Å²) in [5.74, 6) is 0.0197. The van der Waals surface area contributed by atoms with E-state index in [9.17, 15) is 9.59 Å². The van der Waals surface area contributed by atoms with E-state index in [2.05, 4.69) is 9.36 Å². The highest BCUT2D eigenvalue weighted by atomic mass is 32.1. The van der Waals surface area contributed by atoms with Crippen LogP contribution in [0.5, 0.6) is 10.8 Å². The van der Waals surface area contributed by atoms with E-state index in [1.807, 2.05) is 11.1 Å². The van der Waals surface area contributed by atoms with Gasteiger partial charge in [0.1, 0.15) is 11.4 Å². The Hall–Kier alpha value is -2.78. The molecule has 2 aliphatic rings. The van der Waals surface area contributed by atoms with Crippen LogP contribution >= 0.6 is 22.9 Å². The van der Waals surface area contributed by atoms with E-state index in [-0.39, 0.29) is 5.91 Å². The zero-order chi connectivity index (χ0) is 20.0. The molecule has 7 nitrogen and oxygen atoms in total. The van der Waals surface area contributed by atoms with Crippen molar-refractivity contribution in [3.8, 4) is 21.3 Å². The highest BCUT2D eigenvalue weighted by Gasteiger charge is 2.30. The van der Waals surface area contributed by atoms with Crippen LogP contribution in [0.25, 0.3) is 10.4 Å². The summed E-state index contributed by atoms with van der Waals surface area (Å²) in [6.07, 6.45) is 7.07. The molecule has 0 saturated carbocycles. The summed E-state index contributed by atoms with van der Waals surface area (Å²) in [6, 6.07) is 3.42. The summed E-state index contributed by atoms with van der Waals surface area (Å²) < 4.78 is 10.4. The smallest absolute Gasteiger partial charge is 0.272 e. The second-order valence-electron chi connectivity index (χ2n) is 7.10. The van der Waals surface area contributed by atoms with Gasteiger partial charge in [-0.2, -0.15) is 0 Å². The highest BCUT2D eigenvalue weighted by molar-refractivity contribution is 7.17. The van der Waals surface area contributed by atoms with Crippen LogP contribution in [0.2, 0.25) is 0 Å². The molecule has 2 N–H and O–H groups in total. The Labute approximate surface area is 175 Å². The molecule has 9 heteroatoms. The molecular weight excluding hydrogens is 408 g/mol. The van der Waals surface area contributed by atoms with E-state index in [4.69, 9.17) is 10.5 Å². The molecule has 0 aromatic carbocycles. The molecule has 29 heavy (non-hydrogen) atoms. The van der Waals surface area contributed by atoms with Crippen molar-refractivity contribution >= 4 is 34.7 Å². The lowest BCUT2D eigenvalue weighted by Crippen LogP contribution is -2.28. The van der Waals surface area contributed by atoms with E-state index < -0.39 is 5.91 Å². The molecule has 0 unspecified atom stereocenters. The molecule has 0 atom stereocenters. The maximum atomic E-state index is 12.5.